The number of amides is 2. The molecule has 2 rings (SSSR count). The fourth-order valence-electron chi connectivity index (χ4n) is 3.09. The maximum absolute atomic E-state index is 12.1. The van der Waals surface area contributed by atoms with Crippen LogP contribution in [0.5, 0.6) is 0 Å². The molecule has 3 heteroatoms. The minimum Gasteiger partial charge on any atom is -0.325 e. The van der Waals surface area contributed by atoms with Gasteiger partial charge in [0.05, 0.1) is 0 Å². The zero-order valence-corrected chi connectivity index (χ0v) is 9.91. The van der Waals surface area contributed by atoms with E-state index in [0.29, 0.717) is 0 Å². The zero-order valence-electron chi connectivity index (χ0n) is 9.91. The topological polar surface area (TPSA) is 23.6 Å². The van der Waals surface area contributed by atoms with E-state index >= 15 is 0 Å². The van der Waals surface area contributed by atoms with Gasteiger partial charge in [0.2, 0.25) is 0 Å². The predicted molar refractivity (Wildman–Crippen MR) is 60.7 cm³/mol. The lowest BCUT2D eigenvalue weighted by molar-refractivity contribution is 0.164. The Hall–Kier alpha value is -0.730. The summed E-state index contributed by atoms with van der Waals surface area (Å²) in [6.45, 7) is 7.80. The van der Waals surface area contributed by atoms with Crippen LogP contribution in [0.15, 0.2) is 0 Å². The summed E-state index contributed by atoms with van der Waals surface area (Å²) < 4.78 is 0. The lowest BCUT2D eigenvalue weighted by Crippen LogP contribution is -2.42. The van der Waals surface area contributed by atoms with E-state index in [2.05, 4.69) is 18.7 Å². The molecule has 0 aromatic heterocycles. The molecule has 3 nitrogen and oxygen atoms in total. The van der Waals surface area contributed by atoms with E-state index in [0.717, 1.165) is 38.0 Å². The molecular formula is C12H22N2O. The molecule has 0 aromatic rings. The van der Waals surface area contributed by atoms with Crippen LogP contribution in [-0.2, 0) is 0 Å². The summed E-state index contributed by atoms with van der Waals surface area (Å²) in [7, 11) is 0. The van der Waals surface area contributed by atoms with Gasteiger partial charge in [-0.2, -0.15) is 0 Å². The average molecular weight is 210 g/mol. The van der Waals surface area contributed by atoms with Crippen molar-refractivity contribution in [2.75, 3.05) is 26.2 Å². The van der Waals surface area contributed by atoms with Gasteiger partial charge in [-0.05, 0) is 38.5 Å². The Bertz CT molecular complexity index is 226. The third-order valence-electron chi connectivity index (χ3n) is 4.03. The van der Waals surface area contributed by atoms with E-state index in [1.807, 2.05) is 4.90 Å². The number of hydrogen-bond acceptors (Lipinski definition) is 1. The van der Waals surface area contributed by atoms with Gasteiger partial charge in [-0.25, -0.2) is 4.79 Å². The first-order chi connectivity index (χ1) is 7.26. The van der Waals surface area contributed by atoms with Gasteiger partial charge < -0.3 is 9.80 Å². The number of carbonyl (C=O) groups excluding carboxylic acids is 1. The van der Waals surface area contributed by atoms with Crippen LogP contribution in [0.4, 0.5) is 4.79 Å². The van der Waals surface area contributed by atoms with Gasteiger partial charge in [0.25, 0.3) is 0 Å². The quantitative estimate of drug-likeness (QED) is 0.685. The summed E-state index contributed by atoms with van der Waals surface area (Å²) in [6.07, 6.45) is 4.06. The summed E-state index contributed by atoms with van der Waals surface area (Å²) in [5.74, 6) is 1.62. The number of likely N-dealkylation sites (tertiary alicyclic amines) is 1. The van der Waals surface area contributed by atoms with Gasteiger partial charge in [0.15, 0.2) is 0 Å². The van der Waals surface area contributed by atoms with E-state index in [1.165, 1.54) is 19.3 Å². The molecule has 86 valence electrons. The normalized spacial score (nSPS) is 29.3. The molecule has 2 aliphatic rings. The highest BCUT2D eigenvalue weighted by Crippen LogP contribution is 2.37. The average Bonchev–Trinajstić information content (AvgIpc) is 2.78. The minimum atomic E-state index is 0.259. The van der Waals surface area contributed by atoms with E-state index in [4.69, 9.17) is 0 Å². The summed E-state index contributed by atoms with van der Waals surface area (Å²) in [6, 6.07) is 0.259. The highest BCUT2D eigenvalue weighted by molar-refractivity contribution is 5.74. The molecule has 0 radical (unpaired) electrons. The maximum atomic E-state index is 12.1. The fourth-order valence-corrected chi connectivity index (χ4v) is 3.09. The molecule has 1 aliphatic heterocycles. The number of fused-ring (bicyclic) bond motifs is 1. The zero-order chi connectivity index (χ0) is 10.8. The maximum Gasteiger partial charge on any atom is 0.319 e. The Morgan fingerprint density at radius 1 is 1.20 bits per heavy atom. The Kier molecular flexibility index (Phi) is 3.17. The SMILES string of the molecule is CCN(CC)C(=O)N1CC2CCCC2C1. The standard InChI is InChI=1S/C12H22N2O/c1-3-13(4-2)12(15)14-8-10-6-5-7-11(10)9-14/h10-11H,3-9H2,1-2H3. The molecule has 0 bridgehead atoms. The van der Waals surface area contributed by atoms with E-state index in [9.17, 15) is 4.79 Å². The first kappa shape index (κ1) is 10.8. The van der Waals surface area contributed by atoms with Crippen molar-refractivity contribution >= 4 is 6.03 Å². The van der Waals surface area contributed by atoms with Crippen molar-refractivity contribution in [2.45, 2.75) is 33.1 Å². The van der Waals surface area contributed by atoms with Crippen LogP contribution in [0.3, 0.4) is 0 Å². The third kappa shape index (κ3) is 1.97. The van der Waals surface area contributed by atoms with E-state index < -0.39 is 0 Å². The van der Waals surface area contributed by atoms with Crippen LogP contribution in [0.2, 0.25) is 0 Å². The molecule has 1 saturated heterocycles. The summed E-state index contributed by atoms with van der Waals surface area (Å²) in [5.41, 5.74) is 0. The smallest absolute Gasteiger partial charge is 0.319 e. The van der Waals surface area contributed by atoms with E-state index in [-0.39, 0.29) is 6.03 Å². The number of hydrogen-bond donors (Lipinski definition) is 0. The number of carbonyl (C=O) groups is 1. The molecule has 0 spiro atoms. The number of rotatable bonds is 2. The first-order valence-corrected chi connectivity index (χ1v) is 6.30. The van der Waals surface area contributed by atoms with Crippen LogP contribution in [0.25, 0.3) is 0 Å². The van der Waals surface area contributed by atoms with Gasteiger partial charge in [0, 0.05) is 26.2 Å². The number of urea groups is 1. The molecular weight excluding hydrogens is 188 g/mol. The predicted octanol–water partition coefficient (Wildman–Crippen LogP) is 2.18. The number of nitrogens with zero attached hydrogens (tertiary/aromatic N) is 2. The molecule has 2 amide bonds. The van der Waals surface area contributed by atoms with Crippen molar-refractivity contribution in [1.29, 1.82) is 0 Å². The van der Waals surface area contributed by atoms with Crippen molar-refractivity contribution < 1.29 is 4.79 Å². The van der Waals surface area contributed by atoms with Crippen LogP contribution in [0, 0.1) is 11.8 Å². The van der Waals surface area contributed by atoms with Gasteiger partial charge in [-0.1, -0.05) is 6.42 Å². The largest absolute Gasteiger partial charge is 0.325 e. The van der Waals surface area contributed by atoms with Crippen molar-refractivity contribution in [3.8, 4) is 0 Å². The Labute approximate surface area is 92.4 Å². The summed E-state index contributed by atoms with van der Waals surface area (Å²) >= 11 is 0. The first-order valence-electron chi connectivity index (χ1n) is 6.30. The minimum absolute atomic E-state index is 0.259. The monoisotopic (exact) mass is 210 g/mol. The van der Waals surface area contributed by atoms with Crippen LogP contribution < -0.4 is 0 Å². The van der Waals surface area contributed by atoms with Crippen molar-refractivity contribution in [3.05, 3.63) is 0 Å². The Balaban J connectivity index is 1.92. The molecule has 0 N–H and O–H groups in total. The molecule has 1 aliphatic carbocycles. The van der Waals surface area contributed by atoms with Gasteiger partial charge >= 0.3 is 6.03 Å². The molecule has 2 unspecified atom stereocenters. The van der Waals surface area contributed by atoms with Crippen LogP contribution >= 0.6 is 0 Å². The Morgan fingerprint density at radius 2 is 1.73 bits per heavy atom. The molecule has 2 atom stereocenters. The fraction of sp³-hybridized carbons (Fsp3) is 0.917. The van der Waals surface area contributed by atoms with Gasteiger partial charge in [-0.3, -0.25) is 0 Å². The summed E-state index contributed by atoms with van der Waals surface area (Å²) in [5, 5.41) is 0. The van der Waals surface area contributed by atoms with Crippen molar-refractivity contribution in [3.63, 3.8) is 0 Å². The molecule has 15 heavy (non-hydrogen) atoms. The highest BCUT2D eigenvalue weighted by atomic mass is 16.2. The third-order valence-corrected chi connectivity index (χ3v) is 4.03. The second kappa shape index (κ2) is 4.42. The second-order valence-electron chi connectivity index (χ2n) is 4.81. The van der Waals surface area contributed by atoms with Crippen molar-refractivity contribution in [1.82, 2.24) is 9.80 Å². The van der Waals surface area contributed by atoms with Gasteiger partial charge in [-0.15, -0.1) is 0 Å². The molecule has 1 heterocycles. The lowest BCUT2D eigenvalue weighted by Gasteiger charge is -2.26. The van der Waals surface area contributed by atoms with Gasteiger partial charge in [0.1, 0.15) is 0 Å². The molecule has 1 saturated carbocycles. The van der Waals surface area contributed by atoms with Crippen LogP contribution in [-0.4, -0.2) is 42.0 Å². The molecule has 0 aromatic carbocycles. The van der Waals surface area contributed by atoms with Crippen molar-refractivity contribution in [2.24, 2.45) is 11.8 Å². The van der Waals surface area contributed by atoms with E-state index in [1.54, 1.807) is 0 Å². The summed E-state index contributed by atoms with van der Waals surface area (Å²) in [4.78, 5) is 16.1. The molecule has 2 fully saturated rings. The van der Waals surface area contributed by atoms with Crippen LogP contribution in [0.1, 0.15) is 33.1 Å². The Morgan fingerprint density at radius 3 is 2.20 bits per heavy atom. The second-order valence-corrected chi connectivity index (χ2v) is 4.81. The lowest BCUT2D eigenvalue weighted by atomic mass is 10.0. The highest BCUT2D eigenvalue weighted by Gasteiger charge is 2.38.